The molecule has 0 aliphatic heterocycles. The van der Waals surface area contributed by atoms with Gasteiger partial charge in [-0.05, 0) is 30.2 Å². The first-order valence-electron chi connectivity index (χ1n) is 7.28. The third kappa shape index (κ3) is 2.66. The van der Waals surface area contributed by atoms with Crippen LogP contribution in [0, 0.1) is 17.8 Å². The molecule has 0 aromatic heterocycles. The van der Waals surface area contributed by atoms with Gasteiger partial charge >= 0.3 is 0 Å². The molecule has 3 rings (SSSR count). The number of carbonyl (C=O) groups excluding carboxylic acids is 1. The summed E-state index contributed by atoms with van der Waals surface area (Å²) in [5.74, 6) is 1.63. The van der Waals surface area contributed by atoms with E-state index in [0.29, 0.717) is 18.4 Å². The van der Waals surface area contributed by atoms with E-state index in [0.717, 1.165) is 5.56 Å². The Morgan fingerprint density at radius 1 is 1.21 bits per heavy atom. The van der Waals surface area contributed by atoms with Gasteiger partial charge in [-0.25, -0.2) is 0 Å². The smallest absolute Gasteiger partial charge is 0.223 e. The van der Waals surface area contributed by atoms with Gasteiger partial charge in [-0.1, -0.05) is 43.2 Å². The fourth-order valence-corrected chi connectivity index (χ4v) is 3.49. The molecule has 1 aromatic carbocycles. The van der Waals surface area contributed by atoms with Crippen molar-refractivity contribution in [3.05, 3.63) is 35.9 Å². The van der Waals surface area contributed by atoms with Crippen molar-refractivity contribution in [3.8, 4) is 0 Å². The van der Waals surface area contributed by atoms with Crippen LogP contribution in [0.25, 0.3) is 0 Å². The molecule has 0 bridgehead atoms. The van der Waals surface area contributed by atoms with Gasteiger partial charge in [0.2, 0.25) is 5.91 Å². The van der Waals surface area contributed by atoms with E-state index in [1.165, 1.54) is 25.7 Å². The third-order valence-corrected chi connectivity index (χ3v) is 4.61. The zero-order valence-electron chi connectivity index (χ0n) is 11.1. The lowest BCUT2D eigenvalue weighted by Crippen LogP contribution is -2.30. The molecule has 2 aliphatic rings. The Morgan fingerprint density at radius 2 is 1.84 bits per heavy atom. The summed E-state index contributed by atoms with van der Waals surface area (Å²) in [6, 6.07) is 9.48. The average molecular weight is 259 g/mol. The highest BCUT2D eigenvalue weighted by Crippen LogP contribution is 2.55. The van der Waals surface area contributed by atoms with Crippen molar-refractivity contribution in [1.82, 2.24) is 5.32 Å². The van der Waals surface area contributed by atoms with Crippen molar-refractivity contribution in [2.45, 2.75) is 31.8 Å². The second kappa shape index (κ2) is 5.33. The molecule has 0 radical (unpaired) electrons. The Morgan fingerprint density at radius 3 is 2.47 bits per heavy atom. The minimum Gasteiger partial charge on any atom is -0.387 e. The molecule has 1 aromatic rings. The fraction of sp³-hybridized carbons (Fsp3) is 0.562. The molecular formula is C16H21NO2. The van der Waals surface area contributed by atoms with Crippen molar-refractivity contribution in [2.24, 2.45) is 17.8 Å². The maximum atomic E-state index is 12.1. The number of aliphatic hydroxyl groups is 1. The van der Waals surface area contributed by atoms with Crippen LogP contribution < -0.4 is 5.32 Å². The number of nitrogens with one attached hydrogen (secondary N) is 1. The highest BCUT2D eigenvalue weighted by molar-refractivity contribution is 5.82. The summed E-state index contributed by atoms with van der Waals surface area (Å²) in [6.45, 7) is 0.318. The Hall–Kier alpha value is -1.35. The molecule has 3 nitrogen and oxygen atoms in total. The number of carbonyl (C=O) groups is 1. The number of fused-ring (bicyclic) bond motifs is 1. The lowest BCUT2D eigenvalue weighted by Gasteiger charge is -2.12. The van der Waals surface area contributed by atoms with Crippen molar-refractivity contribution in [1.29, 1.82) is 0 Å². The van der Waals surface area contributed by atoms with Crippen LogP contribution in [0.1, 0.15) is 37.4 Å². The van der Waals surface area contributed by atoms with Crippen molar-refractivity contribution >= 4 is 5.91 Å². The minimum absolute atomic E-state index is 0.145. The number of amides is 1. The van der Waals surface area contributed by atoms with E-state index >= 15 is 0 Å². The second-order valence-electron chi connectivity index (χ2n) is 5.81. The quantitative estimate of drug-likeness (QED) is 0.871. The standard InChI is InChI=1S/C16H21NO2/c18-14(11-6-2-1-3-7-11)10-17-16(19)15-12-8-4-5-9-13(12)15/h1-3,6-7,12-15,18H,4-5,8-10H2,(H,17,19). The summed E-state index contributed by atoms with van der Waals surface area (Å²) in [6.07, 6.45) is 4.37. The van der Waals surface area contributed by atoms with Crippen LogP contribution in [0.3, 0.4) is 0 Å². The van der Waals surface area contributed by atoms with E-state index in [9.17, 15) is 9.90 Å². The molecule has 0 heterocycles. The normalized spacial score (nSPS) is 30.3. The Bertz CT molecular complexity index is 433. The molecule has 19 heavy (non-hydrogen) atoms. The molecule has 0 spiro atoms. The van der Waals surface area contributed by atoms with Crippen molar-refractivity contribution in [3.63, 3.8) is 0 Å². The molecule has 1 amide bonds. The number of aliphatic hydroxyl groups excluding tert-OH is 1. The summed E-state index contributed by atoms with van der Waals surface area (Å²) in [7, 11) is 0. The number of hydrogen-bond acceptors (Lipinski definition) is 2. The Labute approximate surface area is 114 Å². The Balaban J connectivity index is 1.49. The molecule has 102 valence electrons. The molecule has 2 aliphatic carbocycles. The number of hydrogen-bond donors (Lipinski definition) is 2. The second-order valence-corrected chi connectivity index (χ2v) is 5.81. The largest absolute Gasteiger partial charge is 0.387 e. The summed E-state index contributed by atoms with van der Waals surface area (Å²) >= 11 is 0. The monoisotopic (exact) mass is 259 g/mol. The summed E-state index contributed by atoms with van der Waals surface area (Å²) in [5.41, 5.74) is 0.857. The van der Waals surface area contributed by atoms with E-state index in [1.54, 1.807) is 0 Å². The van der Waals surface area contributed by atoms with E-state index in [4.69, 9.17) is 0 Å². The van der Waals surface area contributed by atoms with Crippen LogP contribution in [-0.4, -0.2) is 17.6 Å². The SMILES string of the molecule is O=C(NCC(O)c1ccccc1)C1C2CCCCC21. The molecule has 2 N–H and O–H groups in total. The van der Waals surface area contributed by atoms with Crippen molar-refractivity contribution in [2.75, 3.05) is 6.54 Å². The molecule has 3 unspecified atom stereocenters. The molecule has 2 fully saturated rings. The summed E-state index contributed by atoms with van der Waals surface area (Å²) in [4.78, 5) is 12.1. The van der Waals surface area contributed by atoms with E-state index in [-0.39, 0.29) is 11.8 Å². The van der Waals surface area contributed by atoms with Crippen LogP contribution in [0.5, 0.6) is 0 Å². The van der Waals surface area contributed by atoms with Crippen LogP contribution in [0.15, 0.2) is 30.3 Å². The van der Waals surface area contributed by atoms with Gasteiger partial charge in [0, 0.05) is 12.5 Å². The lowest BCUT2D eigenvalue weighted by molar-refractivity contribution is -0.123. The highest BCUT2D eigenvalue weighted by atomic mass is 16.3. The topological polar surface area (TPSA) is 49.3 Å². The predicted octanol–water partition coefficient (Wildman–Crippen LogP) is 2.27. The summed E-state index contributed by atoms with van der Waals surface area (Å²) in [5, 5.41) is 12.9. The van der Waals surface area contributed by atoms with Gasteiger partial charge in [0.15, 0.2) is 0 Å². The lowest BCUT2D eigenvalue weighted by atomic mass is 10.0. The van der Waals surface area contributed by atoms with E-state index in [2.05, 4.69) is 5.32 Å². The fourth-order valence-electron chi connectivity index (χ4n) is 3.49. The maximum absolute atomic E-state index is 12.1. The first-order valence-corrected chi connectivity index (χ1v) is 7.28. The van der Waals surface area contributed by atoms with Gasteiger partial charge in [0.05, 0.1) is 6.10 Å². The summed E-state index contributed by atoms with van der Waals surface area (Å²) < 4.78 is 0. The molecule has 2 saturated carbocycles. The van der Waals surface area contributed by atoms with Crippen LogP contribution >= 0.6 is 0 Å². The van der Waals surface area contributed by atoms with Gasteiger partial charge in [-0.3, -0.25) is 4.79 Å². The van der Waals surface area contributed by atoms with Crippen molar-refractivity contribution < 1.29 is 9.90 Å². The maximum Gasteiger partial charge on any atom is 0.223 e. The molecule has 0 saturated heterocycles. The molecular weight excluding hydrogens is 238 g/mol. The molecule has 3 heteroatoms. The average Bonchev–Trinajstić information content (AvgIpc) is 3.19. The highest BCUT2D eigenvalue weighted by Gasteiger charge is 2.54. The van der Waals surface area contributed by atoms with Crippen LogP contribution in [0.2, 0.25) is 0 Å². The van der Waals surface area contributed by atoms with Gasteiger partial charge in [0.1, 0.15) is 0 Å². The van der Waals surface area contributed by atoms with E-state index < -0.39 is 6.10 Å². The predicted molar refractivity (Wildman–Crippen MR) is 73.3 cm³/mol. The first-order chi connectivity index (χ1) is 9.27. The van der Waals surface area contributed by atoms with Crippen LogP contribution in [-0.2, 0) is 4.79 Å². The molecule has 3 atom stereocenters. The van der Waals surface area contributed by atoms with Gasteiger partial charge in [-0.15, -0.1) is 0 Å². The first kappa shape index (κ1) is 12.7. The zero-order chi connectivity index (χ0) is 13.2. The number of rotatable bonds is 4. The third-order valence-electron chi connectivity index (χ3n) is 4.61. The Kier molecular flexibility index (Phi) is 3.56. The number of benzene rings is 1. The van der Waals surface area contributed by atoms with Gasteiger partial charge in [0.25, 0.3) is 0 Å². The van der Waals surface area contributed by atoms with E-state index in [1.807, 2.05) is 30.3 Å². The zero-order valence-corrected chi connectivity index (χ0v) is 11.1. The van der Waals surface area contributed by atoms with Gasteiger partial charge in [-0.2, -0.15) is 0 Å². The van der Waals surface area contributed by atoms with Crippen LogP contribution in [0.4, 0.5) is 0 Å². The minimum atomic E-state index is -0.606. The van der Waals surface area contributed by atoms with Gasteiger partial charge < -0.3 is 10.4 Å².